The Morgan fingerprint density at radius 1 is 1.19 bits per heavy atom. The number of benzene rings is 2. The van der Waals surface area contributed by atoms with Crippen molar-refractivity contribution in [3.05, 3.63) is 52.0 Å². The third-order valence-electron chi connectivity index (χ3n) is 2.72. The van der Waals surface area contributed by atoms with Crippen molar-refractivity contribution in [3.63, 3.8) is 0 Å². The molecule has 0 aliphatic rings. The molecule has 0 saturated carbocycles. The fraction of sp³-hybridized carbons (Fsp3) is 0.0769. The summed E-state index contributed by atoms with van der Waals surface area (Å²) in [5.41, 5.74) is 6.02. The Morgan fingerprint density at radius 3 is 2.48 bits per heavy atom. The molecule has 2 rings (SSSR count). The predicted molar refractivity (Wildman–Crippen MR) is 80.5 cm³/mol. The Hall–Kier alpha value is -1.67. The standard InChI is InChI=1S/C13H11BrF2N2O2S/c1-7-4-9(2-3-11(7)15)18-21(19,20)12-6-8(17)5-10(14)13(12)16/h2-6,18H,17H2,1H3. The second kappa shape index (κ2) is 5.61. The van der Waals surface area contributed by atoms with Crippen molar-refractivity contribution in [2.45, 2.75) is 11.8 Å². The topological polar surface area (TPSA) is 72.2 Å². The summed E-state index contributed by atoms with van der Waals surface area (Å²) in [6, 6.07) is 5.96. The lowest BCUT2D eigenvalue weighted by Gasteiger charge is -2.11. The van der Waals surface area contributed by atoms with Gasteiger partial charge in [-0.25, -0.2) is 17.2 Å². The first kappa shape index (κ1) is 15.7. The lowest BCUT2D eigenvalue weighted by Crippen LogP contribution is -2.15. The first-order valence-electron chi connectivity index (χ1n) is 5.74. The lowest BCUT2D eigenvalue weighted by molar-refractivity contribution is 0.566. The summed E-state index contributed by atoms with van der Waals surface area (Å²) in [4.78, 5) is -0.587. The highest BCUT2D eigenvalue weighted by atomic mass is 79.9. The van der Waals surface area contributed by atoms with Crippen LogP contribution in [0.5, 0.6) is 0 Å². The average molecular weight is 377 g/mol. The molecule has 112 valence electrons. The summed E-state index contributed by atoms with van der Waals surface area (Å²) in [7, 11) is -4.18. The van der Waals surface area contributed by atoms with Crippen LogP contribution in [0.15, 0.2) is 39.7 Å². The molecule has 0 amide bonds. The number of nitrogen functional groups attached to an aromatic ring is 1. The zero-order valence-electron chi connectivity index (χ0n) is 10.8. The first-order chi connectivity index (χ1) is 9.70. The highest BCUT2D eigenvalue weighted by Crippen LogP contribution is 2.27. The van der Waals surface area contributed by atoms with Crippen molar-refractivity contribution in [1.82, 2.24) is 0 Å². The van der Waals surface area contributed by atoms with Crippen molar-refractivity contribution in [3.8, 4) is 0 Å². The normalized spacial score (nSPS) is 11.4. The van der Waals surface area contributed by atoms with E-state index in [9.17, 15) is 17.2 Å². The molecule has 0 aromatic heterocycles. The van der Waals surface area contributed by atoms with Gasteiger partial charge in [0.25, 0.3) is 10.0 Å². The molecule has 0 aliphatic heterocycles. The number of hydrogen-bond donors (Lipinski definition) is 2. The molecule has 0 aliphatic carbocycles. The van der Waals surface area contributed by atoms with Crippen molar-refractivity contribution >= 4 is 37.3 Å². The van der Waals surface area contributed by atoms with E-state index in [2.05, 4.69) is 20.7 Å². The Labute approximate surface area is 129 Å². The Kier molecular flexibility index (Phi) is 4.20. The van der Waals surface area contributed by atoms with Crippen LogP contribution in [0, 0.1) is 18.6 Å². The lowest BCUT2D eigenvalue weighted by atomic mass is 10.2. The first-order valence-corrected chi connectivity index (χ1v) is 8.02. The van der Waals surface area contributed by atoms with Gasteiger partial charge in [-0.2, -0.15) is 0 Å². The van der Waals surface area contributed by atoms with E-state index in [1.165, 1.54) is 25.1 Å². The van der Waals surface area contributed by atoms with Crippen LogP contribution in [0.3, 0.4) is 0 Å². The van der Waals surface area contributed by atoms with Crippen LogP contribution in [0.1, 0.15) is 5.56 Å². The van der Waals surface area contributed by atoms with Crippen LogP contribution in [0.4, 0.5) is 20.2 Å². The molecule has 0 unspecified atom stereocenters. The maximum Gasteiger partial charge on any atom is 0.264 e. The second-order valence-corrected chi connectivity index (χ2v) is 6.89. The van der Waals surface area contributed by atoms with Gasteiger partial charge in [0.2, 0.25) is 0 Å². The molecule has 0 spiro atoms. The number of hydrogen-bond acceptors (Lipinski definition) is 3. The summed E-state index contributed by atoms with van der Waals surface area (Å²) in [5, 5.41) is 0. The summed E-state index contributed by atoms with van der Waals surface area (Å²) < 4.78 is 53.6. The number of rotatable bonds is 3. The third-order valence-corrected chi connectivity index (χ3v) is 4.67. The molecule has 2 aromatic carbocycles. The zero-order valence-corrected chi connectivity index (χ0v) is 13.2. The van der Waals surface area contributed by atoms with Crippen LogP contribution in [-0.4, -0.2) is 8.42 Å². The Morgan fingerprint density at radius 2 is 1.86 bits per heavy atom. The third kappa shape index (κ3) is 3.33. The summed E-state index contributed by atoms with van der Waals surface area (Å²) in [6.45, 7) is 1.49. The number of nitrogens with two attached hydrogens (primary N) is 1. The minimum absolute atomic E-state index is 0.0573. The number of sulfonamides is 1. The second-order valence-electron chi connectivity index (χ2n) is 4.38. The maximum atomic E-state index is 13.9. The molecular weight excluding hydrogens is 366 g/mol. The number of nitrogens with one attached hydrogen (secondary N) is 1. The van der Waals surface area contributed by atoms with E-state index in [1.807, 2.05) is 0 Å². The Balaban J connectivity index is 2.45. The molecule has 8 heteroatoms. The number of aryl methyl sites for hydroxylation is 1. The molecule has 0 radical (unpaired) electrons. The van der Waals surface area contributed by atoms with E-state index in [1.54, 1.807) is 0 Å². The van der Waals surface area contributed by atoms with Gasteiger partial charge < -0.3 is 5.73 Å². The molecule has 2 aromatic rings. The van der Waals surface area contributed by atoms with E-state index in [0.717, 1.165) is 12.1 Å². The van der Waals surface area contributed by atoms with Crippen LogP contribution in [0.2, 0.25) is 0 Å². The van der Waals surface area contributed by atoms with Crippen molar-refractivity contribution in [2.24, 2.45) is 0 Å². The highest BCUT2D eigenvalue weighted by Gasteiger charge is 2.22. The van der Waals surface area contributed by atoms with Gasteiger partial charge in [0.15, 0.2) is 5.82 Å². The smallest absolute Gasteiger partial charge is 0.264 e. The molecule has 0 saturated heterocycles. The monoisotopic (exact) mass is 376 g/mol. The molecule has 0 bridgehead atoms. The summed E-state index contributed by atoms with van der Waals surface area (Å²) in [5.74, 6) is -1.41. The largest absolute Gasteiger partial charge is 0.399 e. The molecule has 3 N–H and O–H groups in total. The summed E-state index contributed by atoms with van der Waals surface area (Å²) in [6.07, 6.45) is 0. The van der Waals surface area contributed by atoms with Gasteiger partial charge in [0.1, 0.15) is 10.7 Å². The van der Waals surface area contributed by atoms with Crippen LogP contribution >= 0.6 is 15.9 Å². The Bertz CT molecular complexity index is 810. The average Bonchev–Trinajstić information content (AvgIpc) is 2.37. The summed E-state index contributed by atoms with van der Waals surface area (Å²) >= 11 is 2.90. The minimum Gasteiger partial charge on any atom is -0.399 e. The fourth-order valence-electron chi connectivity index (χ4n) is 1.70. The van der Waals surface area contributed by atoms with Gasteiger partial charge in [-0.3, -0.25) is 4.72 Å². The molecular formula is C13H11BrF2N2O2S. The van der Waals surface area contributed by atoms with Crippen LogP contribution in [0.25, 0.3) is 0 Å². The van der Waals surface area contributed by atoms with Gasteiger partial charge in [-0.05, 0) is 58.7 Å². The quantitative estimate of drug-likeness (QED) is 0.806. The molecule has 0 heterocycles. The van der Waals surface area contributed by atoms with Crippen LogP contribution in [-0.2, 0) is 10.0 Å². The minimum atomic E-state index is -4.18. The van der Waals surface area contributed by atoms with Crippen molar-refractivity contribution < 1.29 is 17.2 Å². The van der Waals surface area contributed by atoms with Gasteiger partial charge in [0, 0.05) is 11.4 Å². The van der Waals surface area contributed by atoms with Gasteiger partial charge >= 0.3 is 0 Å². The van der Waals surface area contributed by atoms with Crippen molar-refractivity contribution in [1.29, 1.82) is 0 Å². The van der Waals surface area contributed by atoms with E-state index in [4.69, 9.17) is 5.73 Å². The van der Waals surface area contributed by atoms with E-state index < -0.39 is 26.6 Å². The van der Waals surface area contributed by atoms with E-state index in [-0.39, 0.29) is 21.4 Å². The molecule has 4 nitrogen and oxygen atoms in total. The van der Waals surface area contributed by atoms with E-state index >= 15 is 0 Å². The van der Waals surface area contributed by atoms with Gasteiger partial charge in [-0.15, -0.1) is 0 Å². The predicted octanol–water partition coefficient (Wildman–Crippen LogP) is 3.42. The number of halogens is 3. The zero-order chi connectivity index (χ0) is 15.8. The van der Waals surface area contributed by atoms with Crippen molar-refractivity contribution in [2.75, 3.05) is 10.5 Å². The van der Waals surface area contributed by atoms with Gasteiger partial charge in [0.05, 0.1) is 4.47 Å². The van der Waals surface area contributed by atoms with Gasteiger partial charge in [-0.1, -0.05) is 0 Å². The number of anilines is 2. The maximum absolute atomic E-state index is 13.9. The molecule has 0 atom stereocenters. The molecule has 21 heavy (non-hydrogen) atoms. The van der Waals surface area contributed by atoms with Crippen LogP contribution < -0.4 is 10.5 Å². The fourth-order valence-corrected chi connectivity index (χ4v) is 3.49. The highest BCUT2D eigenvalue weighted by molar-refractivity contribution is 9.10. The SMILES string of the molecule is Cc1cc(NS(=O)(=O)c2cc(N)cc(Br)c2F)ccc1F. The van der Waals surface area contributed by atoms with E-state index in [0.29, 0.717) is 0 Å². The molecule has 0 fully saturated rings.